The van der Waals surface area contributed by atoms with E-state index in [-0.39, 0.29) is 6.04 Å². The SMILES string of the molecule is O=S(=O)(NC1CN(c2ccc3c(c2)[C@H](Cc2ccccc2)[C@H](N2CCC2)CO3)C1)c1cccnc1F. The Morgan fingerprint density at radius 2 is 1.86 bits per heavy atom. The van der Waals surface area contributed by atoms with Crippen LogP contribution in [0.3, 0.4) is 0 Å². The van der Waals surface area contributed by atoms with E-state index < -0.39 is 20.9 Å². The quantitative estimate of drug-likeness (QED) is 0.494. The lowest BCUT2D eigenvalue weighted by atomic mass is 9.82. The minimum absolute atomic E-state index is 0.296. The molecule has 0 saturated carbocycles. The molecule has 9 heteroatoms. The minimum atomic E-state index is -3.97. The smallest absolute Gasteiger partial charge is 0.245 e. The van der Waals surface area contributed by atoms with Gasteiger partial charge in [-0.15, -0.1) is 0 Å². The van der Waals surface area contributed by atoms with Gasteiger partial charge in [-0.25, -0.2) is 18.1 Å². The number of sulfonamides is 1. The van der Waals surface area contributed by atoms with Gasteiger partial charge in [0.25, 0.3) is 0 Å². The van der Waals surface area contributed by atoms with Crippen LogP contribution in [-0.4, -0.2) is 63.2 Å². The van der Waals surface area contributed by atoms with Crippen molar-refractivity contribution in [2.45, 2.75) is 35.7 Å². The third-order valence-corrected chi connectivity index (χ3v) is 9.04. The van der Waals surface area contributed by atoms with Gasteiger partial charge < -0.3 is 9.64 Å². The summed E-state index contributed by atoms with van der Waals surface area (Å²) in [5.41, 5.74) is 3.57. The first-order chi connectivity index (χ1) is 17.5. The molecule has 188 valence electrons. The Labute approximate surface area is 211 Å². The van der Waals surface area contributed by atoms with Crippen molar-refractivity contribution in [2.24, 2.45) is 0 Å². The van der Waals surface area contributed by atoms with Crippen LogP contribution in [0.2, 0.25) is 0 Å². The van der Waals surface area contributed by atoms with Gasteiger partial charge in [0, 0.05) is 36.5 Å². The molecule has 2 atom stereocenters. The molecule has 3 aromatic rings. The van der Waals surface area contributed by atoms with Crippen molar-refractivity contribution in [1.82, 2.24) is 14.6 Å². The standard InChI is InChI=1S/C27H29FN4O3S/c28-27-26(8-4-11-29-27)36(33,34)30-20-16-32(17-20)21-9-10-25-23(15-21)22(14-19-6-2-1-3-7-19)24(18-35-25)31-12-5-13-31/h1-4,6-11,15,20,22,24,30H,5,12-14,16-18H2/t22-,24+/m0/s1. The summed E-state index contributed by atoms with van der Waals surface area (Å²) in [6.07, 6.45) is 3.41. The topological polar surface area (TPSA) is 74.8 Å². The highest BCUT2D eigenvalue weighted by Crippen LogP contribution is 2.41. The van der Waals surface area contributed by atoms with Gasteiger partial charge in [-0.3, -0.25) is 4.90 Å². The molecule has 6 rings (SSSR count). The number of fused-ring (bicyclic) bond motifs is 1. The molecule has 2 aromatic carbocycles. The van der Waals surface area contributed by atoms with Crippen LogP contribution in [0, 0.1) is 5.95 Å². The van der Waals surface area contributed by atoms with E-state index in [1.807, 2.05) is 18.2 Å². The third-order valence-electron chi connectivity index (χ3n) is 7.51. The summed E-state index contributed by atoms with van der Waals surface area (Å²) in [7, 11) is -3.97. The van der Waals surface area contributed by atoms with E-state index in [1.165, 1.54) is 35.9 Å². The second-order valence-corrected chi connectivity index (χ2v) is 11.5. The number of hydrogen-bond donors (Lipinski definition) is 1. The number of nitrogens with zero attached hydrogens (tertiary/aromatic N) is 3. The van der Waals surface area contributed by atoms with Gasteiger partial charge in [0.1, 0.15) is 17.3 Å². The van der Waals surface area contributed by atoms with Crippen LogP contribution in [-0.2, 0) is 16.4 Å². The van der Waals surface area contributed by atoms with Crippen LogP contribution in [0.25, 0.3) is 0 Å². The Balaban J connectivity index is 1.20. The summed E-state index contributed by atoms with van der Waals surface area (Å²) in [6, 6.07) is 19.6. The molecular weight excluding hydrogens is 479 g/mol. The second kappa shape index (κ2) is 9.46. The molecule has 3 aliphatic rings. The number of rotatable bonds is 7. The van der Waals surface area contributed by atoms with E-state index in [4.69, 9.17) is 4.74 Å². The number of likely N-dealkylation sites (tertiary alicyclic amines) is 1. The van der Waals surface area contributed by atoms with Gasteiger partial charge in [-0.05, 0) is 61.8 Å². The van der Waals surface area contributed by atoms with Crippen molar-refractivity contribution >= 4 is 15.7 Å². The largest absolute Gasteiger partial charge is 0.492 e. The van der Waals surface area contributed by atoms with E-state index in [9.17, 15) is 12.8 Å². The maximum atomic E-state index is 13.9. The Hall–Kier alpha value is -3.01. The molecule has 1 N–H and O–H groups in total. The van der Waals surface area contributed by atoms with Crippen LogP contribution >= 0.6 is 0 Å². The maximum absolute atomic E-state index is 13.9. The summed E-state index contributed by atoms with van der Waals surface area (Å²) in [5.74, 6) is 0.263. The highest BCUT2D eigenvalue weighted by atomic mass is 32.2. The van der Waals surface area contributed by atoms with E-state index in [1.54, 1.807) is 0 Å². The van der Waals surface area contributed by atoms with Gasteiger partial charge in [0.2, 0.25) is 16.0 Å². The highest BCUT2D eigenvalue weighted by molar-refractivity contribution is 7.89. The summed E-state index contributed by atoms with van der Waals surface area (Å²) in [6.45, 7) is 3.95. The van der Waals surface area contributed by atoms with Crippen molar-refractivity contribution in [1.29, 1.82) is 0 Å². The molecule has 0 bridgehead atoms. The Bertz CT molecular complexity index is 1340. The van der Waals surface area contributed by atoms with Crippen molar-refractivity contribution in [3.8, 4) is 5.75 Å². The van der Waals surface area contributed by atoms with E-state index >= 15 is 0 Å². The number of anilines is 1. The van der Waals surface area contributed by atoms with Crippen molar-refractivity contribution < 1.29 is 17.5 Å². The highest BCUT2D eigenvalue weighted by Gasteiger charge is 2.38. The zero-order chi connectivity index (χ0) is 24.7. The zero-order valence-corrected chi connectivity index (χ0v) is 20.7. The van der Waals surface area contributed by atoms with Crippen molar-refractivity contribution in [3.05, 3.63) is 83.9 Å². The lowest BCUT2D eigenvalue weighted by Crippen LogP contribution is -2.59. The van der Waals surface area contributed by atoms with Crippen LogP contribution in [0.1, 0.15) is 23.5 Å². The average molecular weight is 509 g/mol. The van der Waals surface area contributed by atoms with Crippen LogP contribution in [0.15, 0.2) is 71.8 Å². The number of aromatic nitrogens is 1. The van der Waals surface area contributed by atoms with Crippen LogP contribution in [0.4, 0.5) is 10.1 Å². The molecule has 36 heavy (non-hydrogen) atoms. The zero-order valence-electron chi connectivity index (χ0n) is 19.9. The molecule has 0 unspecified atom stereocenters. The Morgan fingerprint density at radius 3 is 2.58 bits per heavy atom. The fourth-order valence-electron chi connectivity index (χ4n) is 5.42. The summed E-state index contributed by atoms with van der Waals surface area (Å²) in [5, 5.41) is 0. The number of nitrogens with one attached hydrogen (secondary N) is 1. The molecule has 1 aromatic heterocycles. The fraction of sp³-hybridized carbons (Fsp3) is 0.370. The van der Waals surface area contributed by atoms with Crippen molar-refractivity contribution in [3.63, 3.8) is 0 Å². The van der Waals surface area contributed by atoms with Crippen molar-refractivity contribution in [2.75, 3.05) is 37.7 Å². The monoisotopic (exact) mass is 508 g/mol. The molecular formula is C27H29FN4O3S. The summed E-state index contributed by atoms with van der Waals surface area (Å²) >= 11 is 0. The normalized spacial score (nSPS) is 22.3. The predicted molar refractivity (Wildman–Crippen MR) is 135 cm³/mol. The number of halogens is 1. The molecule has 0 amide bonds. The molecule has 2 fully saturated rings. The molecule has 0 aliphatic carbocycles. The summed E-state index contributed by atoms with van der Waals surface area (Å²) in [4.78, 5) is 7.69. The number of ether oxygens (including phenoxy) is 1. The Morgan fingerprint density at radius 1 is 1.06 bits per heavy atom. The number of pyridine rings is 1. The molecule has 7 nitrogen and oxygen atoms in total. The second-order valence-electron chi connectivity index (χ2n) is 9.80. The van der Waals surface area contributed by atoms with E-state index in [2.05, 4.69) is 49.8 Å². The fourth-order valence-corrected chi connectivity index (χ4v) is 6.66. The van der Waals surface area contributed by atoms with Crippen LogP contribution < -0.4 is 14.4 Å². The van der Waals surface area contributed by atoms with Crippen LogP contribution in [0.5, 0.6) is 5.75 Å². The van der Waals surface area contributed by atoms with Gasteiger partial charge in [0.15, 0.2) is 0 Å². The Kier molecular flexibility index (Phi) is 6.15. The van der Waals surface area contributed by atoms with E-state index in [0.29, 0.717) is 31.7 Å². The average Bonchev–Trinajstić information content (AvgIpc) is 2.82. The van der Waals surface area contributed by atoms with Gasteiger partial charge in [-0.2, -0.15) is 4.39 Å². The van der Waals surface area contributed by atoms with E-state index in [0.717, 1.165) is 30.9 Å². The lowest BCUT2D eigenvalue weighted by Gasteiger charge is -2.46. The third kappa shape index (κ3) is 4.47. The first-order valence-electron chi connectivity index (χ1n) is 12.4. The predicted octanol–water partition coefficient (Wildman–Crippen LogP) is 3.18. The lowest BCUT2D eigenvalue weighted by molar-refractivity contribution is 0.0502. The van der Waals surface area contributed by atoms with Gasteiger partial charge in [0.05, 0.1) is 12.1 Å². The molecule has 0 spiro atoms. The molecule has 4 heterocycles. The van der Waals surface area contributed by atoms with Gasteiger partial charge in [-0.1, -0.05) is 30.3 Å². The first kappa shape index (κ1) is 23.4. The number of benzene rings is 2. The number of hydrogen-bond acceptors (Lipinski definition) is 6. The first-order valence-corrected chi connectivity index (χ1v) is 13.9. The van der Waals surface area contributed by atoms with Gasteiger partial charge >= 0.3 is 0 Å². The maximum Gasteiger partial charge on any atom is 0.245 e. The molecule has 0 radical (unpaired) electrons. The molecule has 3 aliphatic heterocycles. The minimum Gasteiger partial charge on any atom is -0.492 e. The summed E-state index contributed by atoms with van der Waals surface area (Å²) < 4.78 is 47.9. The molecule has 2 saturated heterocycles.